The van der Waals surface area contributed by atoms with E-state index in [2.05, 4.69) is 0 Å². The van der Waals surface area contributed by atoms with Crippen molar-refractivity contribution in [3.05, 3.63) is 0 Å². The molecule has 0 aromatic carbocycles. The molecule has 0 radical (unpaired) electrons. The Morgan fingerprint density at radius 1 is 1.62 bits per heavy atom. The summed E-state index contributed by atoms with van der Waals surface area (Å²) < 4.78 is 0. The number of aliphatic carboxylic acids is 1. The molecular weight excluding hydrogens is 170 g/mol. The second-order valence-electron chi connectivity index (χ2n) is 4.14. The number of hydrogen-bond donors (Lipinski definition) is 1. The Morgan fingerprint density at radius 3 is 2.54 bits per heavy atom. The molecule has 0 bridgehead atoms. The molecule has 1 amide bonds. The van der Waals surface area contributed by atoms with Crippen molar-refractivity contribution >= 4 is 11.9 Å². The van der Waals surface area contributed by atoms with E-state index in [1.807, 2.05) is 13.8 Å². The third kappa shape index (κ3) is 1.04. The smallest absolute Gasteiger partial charge is 0.307 e. The van der Waals surface area contributed by atoms with Crippen LogP contribution in [0.2, 0.25) is 0 Å². The summed E-state index contributed by atoms with van der Waals surface area (Å²) in [4.78, 5) is 24.0. The molecule has 0 spiro atoms. The van der Waals surface area contributed by atoms with Crippen LogP contribution in [0.4, 0.5) is 0 Å². The van der Waals surface area contributed by atoms with E-state index >= 15 is 0 Å². The molecular formula is C9H13NO3. The number of likely N-dealkylation sites (tertiary alicyclic amines) is 1. The summed E-state index contributed by atoms with van der Waals surface area (Å²) in [6.07, 6.45) is 0. The minimum atomic E-state index is -0.813. The minimum Gasteiger partial charge on any atom is -0.481 e. The van der Waals surface area contributed by atoms with Gasteiger partial charge in [0.25, 0.3) is 0 Å². The molecule has 0 aromatic rings. The van der Waals surface area contributed by atoms with E-state index in [1.54, 1.807) is 4.90 Å². The van der Waals surface area contributed by atoms with Crippen molar-refractivity contribution in [2.45, 2.75) is 19.9 Å². The lowest BCUT2D eigenvalue weighted by Gasteiger charge is -2.23. The van der Waals surface area contributed by atoms with Crippen LogP contribution in [-0.4, -0.2) is 34.5 Å². The molecule has 1 aliphatic carbocycles. The maximum atomic E-state index is 11.6. The lowest BCUT2D eigenvalue weighted by Crippen LogP contribution is -2.36. The number of piperidine rings is 1. The maximum absolute atomic E-state index is 11.6. The fourth-order valence-electron chi connectivity index (χ4n) is 2.25. The molecule has 1 N–H and O–H groups in total. The van der Waals surface area contributed by atoms with Crippen molar-refractivity contribution in [1.82, 2.24) is 4.90 Å². The van der Waals surface area contributed by atoms with Gasteiger partial charge in [-0.2, -0.15) is 0 Å². The van der Waals surface area contributed by atoms with Crippen molar-refractivity contribution in [1.29, 1.82) is 0 Å². The Hall–Kier alpha value is -1.06. The Morgan fingerprint density at radius 2 is 2.23 bits per heavy atom. The SMILES string of the molecule is CC(C)N1CC2C(C(=O)O)C2C1=O. The normalized spacial score (nSPS) is 36.7. The van der Waals surface area contributed by atoms with Crippen LogP contribution in [0, 0.1) is 17.8 Å². The number of carboxylic acids is 1. The second-order valence-corrected chi connectivity index (χ2v) is 4.14. The van der Waals surface area contributed by atoms with Gasteiger partial charge in [0.15, 0.2) is 0 Å². The van der Waals surface area contributed by atoms with E-state index in [9.17, 15) is 9.59 Å². The molecule has 3 unspecified atom stereocenters. The van der Waals surface area contributed by atoms with Gasteiger partial charge in [0.05, 0.1) is 11.8 Å². The molecule has 2 aliphatic rings. The van der Waals surface area contributed by atoms with E-state index in [1.165, 1.54) is 0 Å². The number of hydrogen-bond acceptors (Lipinski definition) is 2. The average Bonchev–Trinajstić information content (AvgIpc) is 2.64. The van der Waals surface area contributed by atoms with Gasteiger partial charge in [-0.1, -0.05) is 0 Å². The van der Waals surface area contributed by atoms with E-state index in [0.717, 1.165) is 0 Å². The zero-order valence-corrected chi connectivity index (χ0v) is 7.73. The number of fused-ring (bicyclic) bond motifs is 1. The van der Waals surface area contributed by atoms with Gasteiger partial charge in [-0.3, -0.25) is 9.59 Å². The largest absolute Gasteiger partial charge is 0.481 e. The van der Waals surface area contributed by atoms with Crippen molar-refractivity contribution in [3.8, 4) is 0 Å². The minimum absolute atomic E-state index is 0.0346. The van der Waals surface area contributed by atoms with Gasteiger partial charge in [-0.25, -0.2) is 0 Å². The highest BCUT2D eigenvalue weighted by atomic mass is 16.4. The lowest BCUT2D eigenvalue weighted by molar-refractivity contribution is -0.143. The van der Waals surface area contributed by atoms with Crippen molar-refractivity contribution in [2.24, 2.45) is 17.8 Å². The van der Waals surface area contributed by atoms with Gasteiger partial charge in [0.1, 0.15) is 0 Å². The first-order valence-electron chi connectivity index (χ1n) is 4.57. The fourth-order valence-corrected chi connectivity index (χ4v) is 2.25. The van der Waals surface area contributed by atoms with Crippen LogP contribution in [0.25, 0.3) is 0 Å². The Labute approximate surface area is 76.5 Å². The predicted molar refractivity (Wildman–Crippen MR) is 45.0 cm³/mol. The van der Waals surface area contributed by atoms with Crippen LogP contribution in [0.5, 0.6) is 0 Å². The second kappa shape index (κ2) is 2.47. The van der Waals surface area contributed by atoms with Crippen LogP contribution in [0.15, 0.2) is 0 Å². The molecule has 4 nitrogen and oxygen atoms in total. The summed E-state index contributed by atoms with van der Waals surface area (Å²) in [5.41, 5.74) is 0. The van der Waals surface area contributed by atoms with Crippen molar-refractivity contribution in [3.63, 3.8) is 0 Å². The number of carboxylic acid groups (broad SMARTS) is 1. The Balaban J connectivity index is 2.06. The summed E-state index contributed by atoms with van der Waals surface area (Å²) in [6.45, 7) is 4.55. The van der Waals surface area contributed by atoms with Gasteiger partial charge in [-0.15, -0.1) is 0 Å². The van der Waals surface area contributed by atoms with Gasteiger partial charge in [-0.05, 0) is 13.8 Å². The van der Waals surface area contributed by atoms with Crippen molar-refractivity contribution < 1.29 is 14.7 Å². The van der Waals surface area contributed by atoms with Crippen molar-refractivity contribution in [2.75, 3.05) is 6.54 Å². The number of carbonyl (C=O) groups is 2. The first-order valence-corrected chi connectivity index (χ1v) is 4.57. The zero-order valence-electron chi connectivity index (χ0n) is 7.73. The summed E-state index contributed by atoms with van der Waals surface area (Å²) in [5.74, 6) is -1.28. The molecule has 0 aromatic heterocycles. The topological polar surface area (TPSA) is 57.6 Å². The molecule has 1 heterocycles. The molecule has 2 fully saturated rings. The first kappa shape index (κ1) is 8.53. The quantitative estimate of drug-likeness (QED) is 0.664. The number of amides is 1. The molecule has 1 aliphatic heterocycles. The standard InChI is InChI=1S/C9H13NO3/c1-4(2)10-3-5-6(8(10)11)7(5)9(12)13/h4-7H,3H2,1-2H3,(H,12,13). The number of carbonyl (C=O) groups excluding carboxylic acids is 1. The predicted octanol–water partition coefficient (Wildman–Crippen LogP) is 0.184. The van der Waals surface area contributed by atoms with Crippen LogP contribution in [-0.2, 0) is 9.59 Å². The summed E-state index contributed by atoms with van der Waals surface area (Å²) in [6, 6.07) is 0.203. The third-order valence-corrected chi connectivity index (χ3v) is 3.05. The van der Waals surface area contributed by atoms with E-state index < -0.39 is 5.97 Å². The maximum Gasteiger partial charge on any atom is 0.307 e. The van der Waals surface area contributed by atoms with Crippen LogP contribution < -0.4 is 0 Å². The molecule has 72 valence electrons. The van der Waals surface area contributed by atoms with E-state index in [4.69, 9.17) is 5.11 Å². The highest BCUT2D eigenvalue weighted by Gasteiger charge is 2.65. The third-order valence-electron chi connectivity index (χ3n) is 3.05. The molecule has 1 saturated carbocycles. The highest BCUT2D eigenvalue weighted by molar-refractivity contribution is 5.93. The van der Waals surface area contributed by atoms with Crippen LogP contribution in [0.3, 0.4) is 0 Å². The summed E-state index contributed by atoms with van der Waals surface area (Å²) >= 11 is 0. The van der Waals surface area contributed by atoms with Gasteiger partial charge >= 0.3 is 5.97 Å². The number of nitrogens with zero attached hydrogens (tertiary/aromatic N) is 1. The molecule has 13 heavy (non-hydrogen) atoms. The summed E-state index contributed by atoms with van der Waals surface area (Å²) in [5, 5.41) is 8.73. The lowest BCUT2D eigenvalue weighted by atomic mass is 10.2. The van der Waals surface area contributed by atoms with Gasteiger partial charge in [0.2, 0.25) is 5.91 Å². The molecule has 3 atom stereocenters. The molecule has 4 heteroatoms. The van der Waals surface area contributed by atoms with Crippen LogP contribution in [0.1, 0.15) is 13.8 Å². The molecule has 2 rings (SSSR count). The van der Waals surface area contributed by atoms with Gasteiger partial charge in [0, 0.05) is 18.5 Å². The fraction of sp³-hybridized carbons (Fsp3) is 0.778. The number of rotatable bonds is 2. The zero-order chi connectivity index (χ0) is 9.75. The Bertz CT molecular complexity index is 274. The summed E-state index contributed by atoms with van der Waals surface area (Å²) in [7, 11) is 0. The average molecular weight is 183 g/mol. The Kier molecular flexibility index (Phi) is 1.62. The first-order chi connectivity index (χ1) is 6.04. The van der Waals surface area contributed by atoms with Crippen LogP contribution >= 0.6 is 0 Å². The monoisotopic (exact) mass is 183 g/mol. The van der Waals surface area contributed by atoms with E-state index in [0.29, 0.717) is 6.54 Å². The van der Waals surface area contributed by atoms with Gasteiger partial charge < -0.3 is 10.0 Å². The molecule has 1 saturated heterocycles. The highest BCUT2D eigenvalue weighted by Crippen LogP contribution is 2.52. The van der Waals surface area contributed by atoms with E-state index in [-0.39, 0.29) is 29.7 Å².